The summed E-state index contributed by atoms with van der Waals surface area (Å²) >= 11 is 0. The van der Waals surface area contributed by atoms with Gasteiger partial charge in [-0.2, -0.15) is 0 Å². The van der Waals surface area contributed by atoms with Gasteiger partial charge in [-0.25, -0.2) is 13.6 Å². The third kappa shape index (κ3) is 5.65. The molecule has 1 heterocycles. The summed E-state index contributed by atoms with van der Waals surface area (Å²) in [6.45, 7) is 1.78. The summed E-state index contributed by atoms with van der Waals surface area (Å²) in [5.74, 6) is -1.61. The Morgan fingerprint density at radius 2 is 1.09 bits per heavy atom. The summed E-state index contributed by atoms with van der Waals surface area (Å²) in [6, 6.07) is 40.7. The monoisotopic (exact) mass is 598 g/mol. The highest BCUT2D eigenvalue weighted by Gasteiger charge is 2.42. The third-order valence-electron chi connectivity index (χ3n) is 7.51. The molecular weight excluding hydrogens is 570 g/mol. The Morgan fingerprint density at radius 3 is 1.49 bits per heavy atom. The van der Waals surface area contributed by atoms with Crippen LogP contribution in [0.3, 0.4) is 0 Å². The second-order valence-corrected chi connectivity index (χ2v) is 10.2. The van der Waals surface area contributed by atoms with Crippen LogP contribution in [0.4, 0.5) is 8.78 Å². The van der Waals surface area contributed by atoms with Gasteiger partial charge < -0.3 is 4.74 Å². The summed E-state index contributed by atoms with van der Waals surface area (Å²) < 4.78 is 33.6. The molecule has 1 aromatic heterocycles. The van der Waals surface area contributed by atoms with Crippen LogP contribution in [-0.4, -0.2) is 32.8 Å². The molecule has 0 saturated heterocycles. The predicted octanol–water partition coefficient (Wildman–Crippen LogP) is 7.31. The quantitative estimate of drug-likeness (QED) is 0.0992. The molecule has 6 rings (SSSR count). The number of rotatable bonds is 9. The van der Waals surface area contributed by atoms with E-state index < -0.39 is 23.1 Å². The second kappa shape index (κ2) is 12.9. The van der Waals surface area contributed by atoms with Crippen LogP contribution in [0.2, 0.25) is 0 Å². The van der Waals surface area contributed by atoms with Crippen molar-refractivity contribution in [1.29, 1.82) is 0 Å². The highest BCUT2D eigenvalue weighted by Crippen LogP contribution is 2.40. The van der Waals surface area contributed by atoms with E-state index >= 15 is 0 Å². The SMILES string of the molecule is CCOC(=O)C(=C(c1ccc(F)cc1)c1ccc(F)cc1)c1nnn(C(c2ccccc2)(c2ccccc2)c2ccccc2)n1. The summed E-state index contributed by atoms with van der Waals surface area (Å²) in [5, 5.41) is 13.9. The van der Waals surface area contributed by atoms with E-state index in [0.29, 0.717) is 16.7 Å². The van der Waals surface area contributed by atoms with Crippen LogP contribution in [-0.2, 0) is 15.1 Å². The van der Waals surface area contributed by atoms with E-state index in [2.05, 4.69) is 10.3 Å². The molecule has 0 atom stereocenters. The molecular formula is C37H28F2N4O2. The van der Waals surface area contributed by atoms with Crippen molar-refractivity contribution in [2.75, 3.05) is 6.61 Å². The molecule has 0 bridgehead atoms. The standard InChI is InChI=1S/C37H28F2N4O2/c1-2-45-36(44)34(33(26-18-22-31(38)23-19-26)27-20-24-32(39)25-21-27)35-40-42-43(41-35)37(28-12-6-3-7-13-28,29-14-8-4-9-15-29)30-16-10-5-11-17-30/h3-25H,2H2,1H3. The molecule has 0 radical (unpaired) electrons. The molecule has 0 spiro atoms. The van der Waals surface area contributed by atoms with E-state index in [1.54, 1.807) is 31.2 Å². The number of hydrogen-bond acceptors (Lipinski definition) is 5. The highest BCUT2D eigenvalue weighted by atomic mass is 19.1. The van der Waals surface area contributed by atoms with Crippen molar-refractivity contribution in [1.82, 2.24) is 20.2 Å². The number of hydrogen-bond donors (Lipinski definition) is 0. The molecule has 5 aromatic carbocycles. The van der Waals surface area contributed by atoms with Crippen LogP contribution in [0.25, 0.3) is 11.1 Å². The predicted molar refractivity (Wildman–Crippen MR) is 168 cm³/mol. The molecule has 222 valence electrons. The lowest BCUT2D eigenvalue weighted by Crippen LogP contribution is -2.39. The first-order valence-electron chi connectivity index (χ1n) is 14.4. The average Bonchev–Trinajstić information content (AvgIpc) is 3.56. The van der Waals surface area contributed by atoms with Gasteiger partial charge in [0.1, 0.15) is 17.2 Å². The van der Waals surface area contributed by atoms with Gasteiger partial charge in [-0.05, 0) is 64.2 Å². The average molecular weight is 599 g/mol. The molecule has 0 aliphatic heterocycles. The van der Waals surface area contributed by atoms with Gasteiger partial charge in [0.05, 0.1) is 6.61 Å². The minimum absolute atomic E-state index is 0.00408. The molecule has 0 saturated carbocycles. The first-order chi connectivity index (χ1) is 22.0. The number of carbonyl (C=O) groups excluding carboxylic acids is 1. The van der Waals surface area contributed by atoms with E-state index in [-0.39, 0.29) is 18.0 Å². The lowest BCUT2D eigenvalue weighted by molar-refractivity contribution is -0.136. The molecule has 0 aliphatic carbocycles. The topological polar surface area (TPSA) is 69.9 Å². The minimum atomic E-state index is -1.08. The van der Waals surface area contributed by atoms with Crippen LogP contribution in [0.5, 0.6) is 0 Å². The molecule has 0 amide bonds. The number of ether oxygens (including phenoxy) is 1. The van der Waals surface area contributed by atoms with Gasteiger partial charge in [0, 0.05) is 5.57 Å². The summed E-state index contributed by atoms with van der Waals surface area (Å²) in [4.78, 5) is 15.3. The molecule has 6 aromatic rings. The van der Waals surface area contributed by atoms with Crippen molar-refractivity contribution in [3.8, 4) is 0 Å². The van der Waals surface area contributed by atoms with E-state index in [1.807, 2.05) is 91.0 Å². The lowest BCUT2D eigenvalue weighted by Gasteiger charge is -2.34. The zero-order valence-electron chi connectivity index (χ0n) is 24.3. The maximum Gasteiger partial charge on any atom is 0.342 e. The summed E-state index contributed by atoms with van der Waals surface area (Å²) in [5.41, 5.74) is 2.84. The van der Waals surface area contributed by atoms with Gasteiger partial charge in [-0.15, -0.1) is 15.0 Å². The lowest BCUT2D eigenvalue weighted by atomic mass is 9.77. The molecule has 45 heavy (non-hydrogen) atoms. The fourth-order valence-electron chi connectivity index (χ4n) is 5.54. The smallest absolute Gasteiger partial charge is 0.342 e. The van der Waals surface area contributed by atoms with Crippen molar-refractivity contribution < 1.29 is 18.3 Å². The maximum atomic E-state index is 14.0. The van der Waals surface area contributed by atoms with Crippen LogP contribution < -0.4 is 0 Å². The fourth-order valence-corrected chi connectivity index (χ4v) is 5.54. The Bertz CT molecular complexity index is 1780. The molecule has 0 fully saturated rings. The largest absolute Gasteiger partial charge is 0.462 e. The zero-order chi connectivity index (χ0) is 31.2. The molecule has 0 N–H and O–H groups in total. The first kappa shape index (κ1) is 29.3. The summed E-state index contributed by atoms with van der Waals surface area (Å²) in [7, 11) is 0. The molecule has 0 aliphatic rings. The van der Waals surface area contributed by atoms with Crippen molar-refractivity contribution >= 4 is 17.1 Å². The van der Waals surface area contributed by atoms with Crippen molar-refractivity contribution in [3.63, 3.8) is 0 Å². The maximum absolute atomic E-state index is 14.0. The number of esters is 1. The second-order valence-electron chi connectivity index (χ2n) is 10.2. The Labute approximate surface area is 259 Å². The van der Waals surface area contributed by atoms with Crippen LogP contribution in [0, 0.1) is 11.6 Å². The van der Waals surface area contributed by atoms with Gasteiger partial charge in [-0.1, -0.05) is 115 Å². The normalized spacial score (nSPS) is 11.2. The van der Waals surface area contributed by atoms with E-state index in [4.69, 9.17) is 9.84 Å². The van der Waals surface area contributed by atoms with Gasteiger partial charge in [0.25, 0.3) is 0 Å². The van der Waals surface area contributed by atoms with E-state index in [9.17, 15) is 13.6 Å². The van der Waals surface area contributed by atoms with Crippen LogP contribution >= 0.6 is 0 Å². The van der Waals surface area contributed by atoms with E-state index in [0.717, 1.165) is 16.7 Å². The molecule has 0 unspecified atom stereocenters. The van der Waals surface area contributed by atoms with Gasteiger partial charge in [0.2, 0.25) is 5.82 Å². The Balaban J connectivity index is 1.67. The Morgan fingerprint density at radius 1 is 0.667 bits per heavy atom. The third-order valence-corrected chi connectivity index (χ3v) is 7.51. The van der Waals surface area contributed by atoms with Gasteiger partial charge in [0.15, 0.2) is 5.54 Å². The number of halogens is 2. The van der Waals surface area contributed by atoms with Crippen LogP contribution in [0.15, 0.2) is 140 Å². The fraction of sp³-hybridized carbons (Fsp3) is 0.0811. The summed E-state index contributed by atoms with van der Waals surface area (Å²) in [6.07, 6.45) is 0. The van der Waals surface area contributed by atoms with Crippen molar-refractivity contribution in [2.45, 2.75) is 12.5 Å². The minimum Gasteiger partial charge on any atom is -0.462 e. The molecule has 8 heteroatoms. The molecule has 6 nitrogen and oxygen atoms in total. The van der Waals surface area contributed by atoms with E-state index in [1.165, 1.54) is 29.1 Å². The Hall–Kier alpha value is -5.76. The number of tetrazole rings is 1. The number of carbonyl (C=O) groups is 1. The van der Waals surface area contributed by atoms with Crippen LogP contribution in [0.1, 0.15) is 40.6 Å². The van der Waals surface area contributed by atoms with Gasteiger partial charge in [-0.3, -0.25) is 0 Å². The highest BCUT2D eigenvalue weighted by molar-refractivity contribution is 6.25. The van der Waals surface area contributed by atoms with Gasteiger partial charge >= 0.3 is 5.97 Å². The number of nitrogens with zero attached hydrogens (tertiary/aromatic N) is 4. The Kier molecular flexibility index (Phi) is 8.37. The number of aromatic nitrogens is 4. The zero-order valence-corrected chi connectivity index (χ0v) is 24.3. The van der Waals surface area contributed by atoms with Crippen molar-refractivity contribution in [2.24, 2.45) is 0 Å². The van der Waals surface area contributed by atoms with Crippen molar-refractivity contribution in [3.05, 3.63) is 185 Å². The number of benzene rings is 5. The first-order valence-corrected chi connectivity index (χ1v) is 14.4.